The fourth-order valence-electron chi connectivity index (χ4n) is 2.24. The standard InChI is InChI=1S/C13H18N4S/c1-3-7-17(9-4-5-9)12-11-10(6-8-18-11)15-13(14-2)16-12/h6,8-9H,3-5,7H2,1-2H3,(H,14,15,16). The van der Waals surface area contributed by atoms with Crippen molar-refractivity contribution in [2.24, 2.45) is 0 Å². The lowest BCUT2D eigenvalue weighted by Gasteiger charge is -2.23. The molecule has 0 bridgehead atoms. The largest absolute Gasteiger partial charge is 0.357 e. The maximum Gasteiger partial charge on any atom is 0.225 e. The van der Waals surface area contributed by atoms with E-state index in [2.05, 4.69) is 38.6 Å². The summed E-state index contributed by atoms with van der Waals surface area (Å²) < 4.78 is 1.22. The maximum absolute atomic E-state index is 4.69. The number of anilines is 2. The first-order valence-electron chi connectivity index (χ1n) is 6.53. The third-order valence-corrected chi connectivity index (χ3v) is 4.13. The molecule has 1 aliphatic rings. The zero-order valence-corrected chi connectivity index (χ0v) is 11.6. The molecule has 5 heteroatoms. The van der Waals surface area contributed by atoms with Crippen LogP contribution < -0.4 is 10.2 Å². The van der Waals surface area contributed by atoms with Crippen LogP contribution in [0.3, 0.4) is 0 Å². The highest BCUT2D eigenvalue weighted by atomic mass is 32.1. The average molecular weight is 262 g/mol. The van der Waals surface area contributed by atoms with Crippen molar-refractivity contribution in [3.05, 3.63) is 11.4 Å². The van der Waals surface area contributed by atoms with Crippen LogP contribution in [0.5, 0.6) is 0 Å². The summed E-state index contributed by atoms with van der Waals surface area (Å²) in [5.41, 5.74) is 1.05. The Hall–Kier alpha value is -1.36. The first-order chi connectivity index (χ1) is 8.83. The second kappa shape index (κ2) is 4.72. The van der Waals surface area contributed by atoms with E-state index in [4.69, 9.17) is 0 Å². The Morgan fingerprint density at radius 2 is 2.28 bits per heavy atom. The summed E-state index contributed by atoms with van der Waals surface area (Å²) >= 11 is 1.74. The minimum Gasteiger partial charge on any atom is -0.357 e. The van der Waals surface area contributed by atoms with E-state index in [0.29, 0.717) is 6.04 Å². The number of aromatic nitrogens is 2. The van der Waals surface area contributed by atoms with Crippen LogP contribution in [0.2, 0.25) is 0 Å². The second-order valence-corrected chi connectivity index (χ2v) is 5.60. The number of hydrogen-bond acceptors (Lipinski definition) is 5. The molecular formula is C13H18N4S. The van der Waals surface area contributed by atoms with E-state index >= 15 is 0 Å². The smallest absolute Gasteiger partial charge is 0.225 e. The van der Waals surface area contributed by atoms with Crippen molar-refractivity contribution in [3.63, 3.8) is 0 Å². The number of nitrogens with one attached hydrogen (secondary N) is 1. The Balaban J connectivity index is 2.09. The van der Waals surface area contributed by atoms with Crippen molar-refractivity contribution in [2.75, 3.05) is 23.8 Å². The summed E-state index contributed by atoms with van der Waals surface area (Å²) in [5, 5.41) is 5.16. The monoisotopic (exact) mass is 262 g/mol. The number of thiophene rings is 1. The van der Waals surface area contributed by atoms with Crippen molar-refractivity contribution in [1.29, 1.82) is 0 Å². The molecule has 4 nitrogen and oxygen atoms in total. The molecule has 18 heavy (non-hydrogen) atoms. The fraction of sp³-hybridized carbons (Fsp3) is 0.538. The highest BCUT2D eigenvalue weighted by Gasteiger charge is 2.31. The van der Waals surface area contributed by atoms with Gasteiger partial charge in [-0.05, 0) is 30.7 Å². The van der Waals surface area contributed by atoms with E-state index < -0.39 is 0 Å². The molecule has 2 aromatic rings. The van der Waals surface area contributed by atoms with Crippen LogP contribution in [0, 0.1) is 0 Å². The van der Waals surface area contributed by atoms with Gasteiger partial charge in [0.1, 0.15) is 0 Å². The molecule has 0 saturated heterocycles. The molecule has 0 radical (unpaired) electrons. The van der Waals surface area contributed by atoms with Gasteiger partial charge in [-0.2, -0.15) is 4.98 Å². The molecule has 1 N–H and O–H groups in total. The normalized spacial score (nSPS) is 15.0. The SMILES string of the molecule is CCCN(c1nc(NC)nc2ccsc12)C1CC1. The summed E-state index contributed by atoms with van der Waals surface area (Å²) in [4.78, 5) is 11.6. The predicted molar refractivity (Wildman–Crippen MR) is 77.6 cm³/mol. The molecule has 0 spiro atoms. The number of nitrogens with zero attached hydrogens (tertiary/aromatic N) is 3. The van der Waals surface area contributed by atoms with Gasteiger partial charge in [-0.25, -0.2) is 4.98 Å². The molecule has 1 saturated carbocycles. The lowest BCUT2D eigenvalue weighted by Crippen LogP contribution is -2.27. The third kappa shape index (κ3) is 2.03. The zero-order chi connectivity index (χ0) is 12.5. The molecular weight excluding hydrogens is 244 g/mol. The van der Waals surface area contributed by atoms with Crippen LogP contribution in [0.25, 0.3) is 10.2 Å². The predicted octanol–water partition coefficient (Wildman–Crippen LogP) is 3.11. The van der Waals surface area contributed by atoms with Crippen molar-refractivity contribution in [3.8, 4) is 0 Å². The molecule has 0 amide bonds. The average Bonchev–Trinajstić information content (AvgIpc) is 3.12. The van der Waals surface area contributed by atoms with Gasteiger partial charge in [0.05, 0.1) is 10.2 Å². The molecule has 0 aliphatic heterocycles. The Morgan fingerprint density at radius 3 is 2.94 bits per heavy atom. The van der Waals surface area contributed by atoms with Gasteiger partial charge in [0.15, 0.2) is 5.82 Å². The summed E-state index contributed by atoms with van der Waals surface area (Å²) in [6.07, 6.45) is 3.75. The topological polar surface area (TPSA) is 41.1 Å². The summed E-state index contributed by atoms with van der Waals surface area (Å²) in [6.45, 7) is 3.30. The minimum atomic E-state index is 0.690. The van der Waals surface area contributed by atoms with Crippen molar-refractivity contribution in [1.82, 2.24) is 9.97 Å². The van der Waals surface area contributed by atoms with Gasteiger partial charge in [0.2, 0.25) is 5.95 Å². The summed E-state index contributed by atoms with van der Waals surface area (Å²) in [6, 6.07) is 2.76. The van der Waals surface area contributed by atoms with Crippen molar-refractivity contribution < 1.29 is 0 Å². The van der Waals surface area contributed by atoms with Crippen molar-refractivity contribution in [2.45, 2.75) is 32.2 Å². The summed E-state index contributed by atoms with van der Waals surface area (Å²) in [5.74, 6) is 1.83. The van der Waals surface area contributed by atoms with Gasteiger partial charge < -0.3 is 10.2 Å². The van der Waals surface area contributed by atoms with E-state index in [1.165, 1.54) is 17.5 Å². The first kappa shape index (κ1) is 11.7. The molecule has 2 aromatic heterocycles. The molecule has 2 heterocycles. The molecule has 0 atom stereocenters. The minimum absolute atomic E-state index is 0.690. The van der Waals surface area contributed by atoms with Crippen LogP contribution in [-0.4, -0.2) is 29.6 Å². The highest BCUT2D eigenvalue weighted by molar-refractivity contribution is 7.17. The molecule has 1 fully saturated rings. The van der Waals surface area contributed by atoms with E-state index in [1.54, 1.807) is 11.3 Å². The Morgan fingerprint density at radius 1 is 1.44 bits per heavy atom. The van der Waals surface area contributed by atoms with E-state index in [0.717, 1.165) is 30.2 Å². The van der Waals surface area contributed by atoms with Crippen LogP contribution in [0.4, 0.5) is 11.8 Å². The van der Waals surface area contributed by atoms with Gasteiger partial charge in [0, 0.05) is 19.6 Å². The van der Waals surface area contributed by atoms with Gasteiger partial charge in [-0.3, -0.25) is 0 Å². The van der Waals surface area contributed by atoms with Crippen LogP contribution >= 0.6 is 11.3 Å². The number of hydrogen-bond donors (Lipinski definition) is 1. The lowest BCUT2D eigenvalue weighted by molar-refractivity contribution is 0.754. The van der Waals surface area contributed by atoms with Crippen LogP contribution in [-0.2, 0) is 0 Å². The van der Waals surface area contributed by atoms with E-state index in [1.807, 2.05) is 7.05 Å². The zero-order valence-electron chi connectivity index (χ0n) is 10.8. The fourth-order valence-corrected chi connectivity index (χ4v) is 3.08. The Kier molecular flexibility index (Phi) is 3.07. The van der Waals surface area contributed by atoms with Gasteiger partial charge in [-0.15, -0.1) is 11.3 Å². The number of rotatable bonds is 5. The first-order valence-corrected chi connectivity index (χ1v) is 7.41. The molecule has 1 aliphatic carbocycles. The maximum atomic E-state index is 4.69. The Bertz CT molecular complexity index is 547. The highest BCUT2D eigenvalue weighted by Crippen LogP contribution is 2.36. The third-order valence-electron chi connectivity index (χ3n) is 3.23. The van der Waals surface area contributed by atoms with E-state index in [9.17, 15) is 0 Å². The lowest BCUT2D eigenvalue weighted by atomic mass is 10.3. The van der Waals surface area contributed by atoms with Crippen LogP contribution in [0.15, 0.2) is 11.4 Å². The molecule has 0 aromatic carbocycles. The molecule has 96 valence electrons. The van der Waals surface area contributed by atoms with E-state index in [-0.39, 0.29) is 0 Å². The van der Waals surface area contributed by atoms with Crippen molar-refractivity contribution >= 4 is 33.3 Å². The van der Waals surface area contributed by atoms with Gasteiger partial charge in [0.25, 0.3) is 0 Å². The Labute approximate surface area is 111 Å². The van der Waals surface area contributed by atoms with Gasteiger partial charge in [-0.1, -0.05) is 6.92 Å². The second-order valence-electron chi connectivity index (χ2n) is 4.68. The van der Waals surface area contributed by atoms with Crippen LogP contribution in [0.1, 0.15) is 26.2 Å². The molecule has 3 rings (SSSR count). The molecule has 0 unspecified atom stereocenters. The number of fused-ring (bicyclic) bond motifs is 1. The van der Waals surface area contributed by atoms with Gasteiger partial charge >= 0.3 is 0 Å². The quantitative estimate of drug-likeness (QED) is 0.899. The summed E-state index contributed by atoms with van der Waals surface area (Å²) in [7, 11) is 1.87.